The van der Waals surface area contributed by atoms with E-state index in [2.05, 4.69) is 13.2 Å². The average molecular weight is 386 g/mol. The van der Waals surface area contributed by atoms with Gasteiger partial charge in [-0.1, -0.05) is 13.2 Å². The van der Waals surface area contributed by atoms with E-state index in [1.807, 2.05) is 4.90 Å². The van der Waals surface area contributed by atoms with Crippen molar-refractivity contribution in [1.29, 1.82) is 0 Å². The van der Waals surface area contributed by atoms with E-state index in [4.69, 9.17) is 16.3 Å². The Morgan fingerprint density at radius 1 is 1.46 bits per heavy atom. The number of likely N-dealkylation sites (tertiary alicyclic amines) is 1. The third-order valence-electron chi connectivity index (χ3n) is 4.63. The number of carbonyl (C=O) groups is 2. The second-order valence-electron chi connectivity index (χ2n) is 6.47. The second-order valence-corrected chi connectivity index (χ2v) is 6.84. The van der Waals surface area contributed by atoms with Crippen LogP contribution < -0.4 is 0 Å². The lowest BCUT2D eigenvalue weighted by molar-refractivity contribution is -0.131. The van der Waals surface area contributed by atoms with Crippen LogP contribution in [0.1, 0.15) is 13.3 Å². The van der Waals surface area contributed by atoms with E-state index in [0.717, 1.165) is 0 Å². The number of nitrogens with zero attached hydrogens (tertiary/aromatic N) is 3. The molecule has 26 heavy (non-hydrogen) atoms. The maximum atomic E-state index is 13.3. The monoisotopic (exact) mass is 385 g/mol. The van der Waals surface area contributed by atoms with Crippen molar-refractivity contribution in [3.05, 3.63) is 37.3 Å². The van der Waals surface area contributed by atoms with Gasteiger partial charge >= 0.3 is 0 Å². The first-order valence-corrected chi connectivity index (χ1v) is 8.94. The van der Waals surface area contributed by atoms with Gasteiger partial charge in [0.05, 0.1) is 32.3 Å². The molecule has 1 amide bonds. The van der Waals surface area contributed by atoms with Gasteiger partial charge in [-0.2, -0.15) is 0 Å². The molecule has 0 aromatic rings. The van der Waals surface area contributed by atoms with E-state index in [0.29, 0.717) is 31.9 Å². The fraction of sp³-hybridized carbons (Fsp3) is 0.556. The zero-order chi connectivity index (χ0) is 19.3. The summed E-state index contributed by atoms with van der Waals surface area (Å²) in [6.07, 6.45) is 4.34. The maximum Gasteiger partial charge on any atom is 0.243 e. The standard InChI is InChI=1S/C18H25ClFN3O3/c1-4-23(16-11-26-12-16)13(2)5-7-21(14(3)18(19)25)10-17(24)22-8-6-15(20)9-22/h4-5,7,14-16H,1-2,6,8-12H2,3H3/b7-5-. The number of allylic oxidation sites excluding steroid dienone is 1. The molecule has 2 aliphatic heterocycles. The van der Waals surface area contributed by atoms with Crippen molar-refractivity contribution in [3.8, 4) is 0 Å². The summed E-state index contributed by atoms with van der Waals surface area (Å²) in [6, 6.07) is -0.518. The minimum atomic E-state index is -0.986. The molecule has 0 bridgehead atoms. The molecular weight excluding hydrogens is 361 g/mol. The molecule has 0 saturated carbocycles. The molecule has 2 unspecified atom stereocenters. The SMILES string of the molecule is C=CN(C(=C)/C=C\N(CC(=O)N1CCC(F)C1)C(C)C(=O)Cl)C1COC1. The van der Waals surface area contributed by atoms with E-state index in [-0.39, 0.29) is 25.0 Å². The van der Waals surface area contributed by atoms with Gasteiger partial charge in [0, 0.05) is 18.4 Å². The van der Waals surface area contributed by atoms with Crippen LogP contribution in [0.25, 0.3) is 0 Å². The summed E-state index contributed by atoms with van der Waals surface area (Å²) in [6.45, 7) is 11.0. The first kappa shape index (κ1) is 20.5. The number of carbonyl (C=O) groups excluding carboxylic acids is 2. The predicted octanol–water partition coefficient (Wildman–Crippen LogP) is 1.88. The van der Waals surface area contributed by atoms with E-state index in [1.54, 1.807) is 25.4 Å². The molecule has 0 aromatic carbocycles. The van der Waals surface area contributed by atoms with Crippen LogP contribution in [0.15, 0.2) is 37.3 Å². The number of alkyl halides is 1. The quantitative estimate of drug-likeness (QED) is 0.448. The van der Waals surface area contributed by atoms with Gasteiger partial charge in [0.1, 0.15) is 12.2 Å². The first-order chi connectivity index (χ1) is 12.3. The summed E-state index contributed by atoms with van der Waals surface area (Å²) in [5.74, 6) is -0.238. The van der Waals surface area contributed by atoms with Gasteiger partial charge in [-0.05, 0) is 37.2 Å². The largest absolute Gasteiger partial charge is 0.377 e. The molecule has 2 rings (SSSR count). The summed E-state index contributed by atoms with van der Waals surface area (Å²) < 4.78 is 18.5. The zero-order valence-electron chi connectivity index (χ0n) is 14.9. The van der Waals surface area contributed by atoms with Crippen LogP contribution in [0.4, 0.5) is 4.39 Å². The minimum absolute atomic E-state index is 0.0588. The average Bonchev–Trinajstić information content (AvgIpc) is 2.99. The van der Waals surface area contributed by atoms with Crippen LogP contribution in [0.2, 0.25) is 0 Å². The number of rotatable bonds is 9. The summed E-state index contributed by atoms with van der Waals surface area (Å²) in [4.78, 5) is 28.8. The third-order valence-corrected chi connectivity index (χ3v) is 4.94. The third kappa shape index (κ3) is 5.08. The summed E-state index contributed by atoms with van der Waals surface area (Å²) in [5, 5.41) is -0.578. The number of halogens is 2. The molecule has 0 radical (unpaired) electrons. The number of amides is 1. The van der Waals surface area contributed by atoms with Crippen LogP contribution in [-0.2, 0) is 14.3 Å². The first-order valence-electron chi connectivity index (χ1n) is 8.56. The van der Waals surface area contributed by atoms with E-state index in [9.17, 15) is 14.0 Å². The lowest BCUT2D eigenvalue weighted by Crippen LogP contribution is -2.45. The highest BCUT2D eigenvalue weighted by molar-refractivity contribution is 6.64. The molecule has 2 saturated heterocycles. The fourth-order valence-corrected chi connectivity index (χ4v) is 2.93. The van der Waals surface area contributed by atoms with Crippen LogP contribution in [-0.4, -0.2) is 77.0 Å². The van der Waals surface area contributed by atoms with Crippen LogP contribution >= 0.6 is 11.6 Å². The topological polar surface area (TPSA) is 53.1 Å². The van der Waals surface area contributed by atoms with Crippen LogP contribution in [0.5, 0.6) is 0 Å². The molecule has 6 nitrogen and oxygen atoms in total. The maximum absolute atomic E-state index is 13.3. The smallest absolute Gasteiger partial charge is 0.243 e. The molecule has 2 atom stereocenters. The van der Waals surface area contributed by atoms with E-state index >= 15 is 0 Å². The highest BCUT2D eigenvalue weighted by atomic mass is 35.5. The Balaban J connectivity index is 2.03. The Kier molecular flexibility index (Phi) is 7.23. The molecule has 2 aliphatic rings. The summed E-state index contributed by atoms with van der Waals surface area (Å²) >= 11 is 5.61. The molecule has 2 fully saturated rings. The van der Waals surface area contributed by atoms with Gasteiger partial charge in [0.25, 0.3) is 0 Å². The summed E-state index contributed by atoms with van der Waals surface area (Å²) in [7, 11) is 0. The molecule has 0 aromatic heterocycles. The van der Waals surface area contributed by atoms with E-state index in [1.165, 1.54) is 9.80 Å². The van der Waals surface area contributed by atoms with Crippen LogP contribution in [0, 0.1) is 0 Å². The molecule has 144 valence electrons. The number of hydrogen-bond donors (Lipinski definition) is 0. The highest BCUT2D eigenvalue weighted by Crippen LogP contribution is 2.18. The van der Waals surface area contributed by atoms with Crippen molar-refractivity contribution in [2.75, 3.05) is 32.8 Å². The Hall–Kier alpha value is -1.86. The fourth-order valence-electron chi connectivity index (χ4n) is 2.80. The Morgan fingerprint density at radius 3 is 2.62 bits per heavy atom. The van der Waals surface area contributed by atoms with Gasteiger partial charge in [0.15, 0.2) is 0 Å². The molecule has 0 aliphatic carbocycles. The van der Waals surface area contributed by atoms with Gasteiger partial charge in [-0.25, -0.2) is 4.39 Å². The van der Waals surface area contributed by atoms with Gasteiger partial charge in [-0.3, -0.25) is 9.59 Å². The second kappa shape index (κ2) is 9.19. The predicted molar refractivity (Wildman–Crippen MR) is 98.0 cm³/mol. The lowest BCUT2D eigenvalue weighted by Gasteiger charge is -2.36. The van der Waals surface area contributed by atoms with Gasteiger partial charge < -0.3 is 19.4 Å². The van der Waals surface area contributed by atoms with Crippen molar-refractivity contribution in [3.63, 3.8) is 0 Å². The van der Waals surface area contributed by atoms with Crippen molar-refractivity contribution < 1.29 is 18.7 Å². The summed E-state index contributed by atoms with van der Waals surface area (Å²) in [5.41, 5.74) is 0.657. The zero-order valence-corrected chi connectivity index (χ0v) is 15.7. The molecule has 8 heteroatoms. The van der Waals surface area contributed by atoms with Crippen LogP contribution in [0.3, 0.4) is 0 Å². The normalized spacial score (nSPS) is 21.3. The number of ether oxygens (including phenoxy) is 1. The lowest BCUT2D eigenvalue weighted by atomic mass is 10.2. The molecule has 2 heterocycles. The van der Waals surface area contributed by atoms with Gasteiger partial charge in [0.2, 0.25) is 11.1 Å². The highest BCUT2D eigenvalue weighted by Gasteiger charge is 2.29. The minimum Gasteiger partial charge on any atom is -0.377 e. The Morgan fingerprint density at radius 2 is 2.15 bits per heavy atom. The Bertz CT molecular complexity index is 594. The molecular formula is C18H25ClFN3O3. The van der Waals surface area contributed by atoms with Crippen molar-refractivity contribution >= 4 is 22.8 Å². The Labute approximate surface area is 158 Å². The number of hydrogen-bond acceptors (Lipinski definition) is 5. The van der Waals surface area contributed by atoms with Crippen molar-refractivity contribution in [2.24, 2.45) is 0 Å². The van der Waals surface area contributed by atoms with Gasteiger partial charge in [-0.15, -0.1) is 0 Å². The van der Waals surface area contributed by atoms with Crippen molar-refractivity contribution in [2.45, 2.75) is 31.6 Å². The molecule has 0 N–H and O–H groups in total. The van der Waals surface area contributed by atoms with Crippen molar-refractivity contribution in [1.82, 2.24) is 14.7 Å². The van der Waals surface area contributed by atoms with E-state index < -0.39 is 17.5 Å². The molecule has 0 spiro atoms.